The van der Waals surface area contributed by atoms with E-state index in [-0.39, 0.29) is 11.7 Å². The first-order valence-electron chi connectivity index (χ1n) is 6.21. The molecule has 1 heterocycles. The second-order valence-corrected chi connectivity index (χ2v) is 4.62. The molecule has 1 amide bonds. The van der Waals surface area contributed by atoms with E-state index in [0.717, 1.165) is 26.2 Å². The largest absolute Gasteiger partial charge is 0.504 e. The van der Waals surface area contributed by atoms with Gasteiger partial charge in [-0.25, -0.2) is 5.01 Å². The molecule has 1 fully saturated rings. The normalized spacial score (nSPS) is 17.2. The number of phenols is 1. The van der Waals surface area contributed by atoms with Crippen LogP contribution in [0.3, 0.4) is 0 Å². The number of amides is 1. The lowest BCUT2D eigenvalue weighted by molar-refractivity contribution is 0.0662. The molecule has 2 rings (SSSR count). The van der Waals surface area contributed by atoms with Crippen LogP contribution in [0.1, 0.15) is 10.4 Å². The fourth-order valence-corrected chi connectivity index (χ4v) is 1.96. The van der Waals surface area contributed by atoms with Gasteiger partial charge in [0.25, 0.3) is 5.91 Å². The van der Waals surface area contributed by atoms with Crippen LogP contribution in [0, 0.1) is 0 Å². The molecule has 0 radical (unpaired) electrons. The molecule has 6 nitrogen and oxygen atoms in total. The number of ether oxygens (including phenoxy) is 1. The Labute approximate surface area is 112 Å². The van der Waals surface area contributed by atoms with Crippen molar-refractivity contribution in [3.05, 3.63) is 23.8 Å². The average Bonchev–Trinajstić information content (AvgIpc) is 2.41. The summed E-state index contributed by atoms with van der Waals surface area (Å²) in [5.74, 6) is 0.104. The van der Waals surface area contributed by atoms with Crippen LogP contribution in [0.15, 0.2) is 18.2 Å². The summed E-state index contributed by atoms with van der Waals surface area (Å²) in [6, 6.07) is 4.61. The van der Waals surface area contributed by atoms with Crippen LogP contribution in [0.4, 0.5) is 0 Å². The molecule has 0 aliphatic carbocycles. The number of nitrogens with one attached hydrogen (secondary N) is 1. The molecule has 1 aliphatic rings. The van der Waals surface area contributed by atoms with Gasteiger partial charge in [0, 0.05) is 31.7 Å². The van der Waals surface area contributed by atoms with Crippen LogP contribution in [0.25, 0.3) is 0 Å². The molecule has 1 aromatic carbocycles. The topological polar surface area (TPSA) is 65.0 Å². The lowest BCUT2D eigenvalue weighted by atomic mass is 10.2. The van der Waals surface area contributed by atoms with Crippen molar-refractivity contribution in [1.29, 1.82) is 0 Å². The van der Waals surface area contributed by atoms with Gasteiger partial charge in [0.15, 0.2) is 11.5 Å². The van der Waals surface area contributed by atoms with Crippen LogP contribution in [0.2, 0.25) is 0 Å². The minimum absolute atomic E-state index is 0.0338. The third-order valence-corrected chi connectivity index (χ3v) is 3.20. The van der Waals surface area contributed by atoms with Gasteiger partial charge in [0.1, 0.15) is 0 Å². The Morgan fingerprint density at radius 1 is 1.32 bits per heavy atom. The van der Waals surface area contributed by atoms with Gasteiger partial charge in [-0.1, -0.05) is 0 Å². The van der Waals surface area contributed by atoms with E-state index in [2.05, 4.69) is 17.4 Å². The first kappa shape index (κ1) is 13.6. The molecule has 0 aromatic heterocycles. The van der Waals surface area contributed by atoms with Crippen LogP contribution in [-0.4, -0.2) is 61.3 Å². The molecular weight excluding hydrogens is 246 g/mol. The number of carbonyl (C=O) groups is 1. The second-order valence-electron chi connectivity index (χ2n) is 4.62. The summed E-state index contributed by atoms with van der Waals surface area (Å²) in [5.41, 5.74) is 3.25. The quantitative estimate of drug-likeness (QED) is 0.822. The number of aromatic hydroxyl groups is 1. The molecule has 0 spiro atoms. The molecule has 1 aromatic rings. The summed E-state index contributed by atoms with van der Waals surface area (Å²) >= 11 is 0. The third kappa shape index (κ3) is 3.36. The van der Waals surface area contributed by atoms with Crippen molar-refractivity contribution < 1.29 is 14.6 Å². The van der Waals surface area contributed by atoms with Gasteiger partial charge in [-0.05, 0) is 25.2 Å². The number of rotatable bonds is 3. The van der Waals surface area contributed by atoms with Gasteiger partial charge in [0.2, 0.25) is 0 Å². The fraction of sp³-hybridized carbons (Fsp3) is 0.462. The molecule has 104 valence electrons. The molecule has 0 unspecified atom stereocenters. The standard InChI is InChI=1S/C13H19N3O3/c1-15-5-7-16(8-6-15)14-13(18)10-3-4-12(19-2)11(17)9-10/h3-4,9,17H,5-8H2,1-2H3,(H,14,18). The number of piperazine rings is 1. The van der Waals surface area contributed by atoms with E-state index in [1.54, 1.807) is 12.1 Å². The predicted molar refractivity (Wildman–Crippen MR) is 71.2 cm³/mol. The number of hydrogen-bond acceptors (Lipinski definition) is 5. The smallest absolute Gasteiger partial charge is 0.265 e. The zero-order valence-corrected chi connectivity index (χ0v) is 11.2. The highest BCUT2D eigenvalue weighted by molar-refractivity contribution is 5.94. The summed E-state index contributed by atoms with van der Waals surface area (Å²) < 4.78 is 4.94. The number of nitrogens with zero attached hydrogens (tertiary/aromatic N) is 2. The highest BCUT2D eigenvalue weighted by Crippen LogP contribution is 2.26. The molecule has 1 aliphatic heterocycles. The Kier molecular flexibility index (Phi) is 4.24. The van der Waals surface area contributed by atoms with E-state index in [0.29, 0.717) is 11.3 Å². The van der Waals surface area contributed by atoms with Gasteiger partial charge < -0.3 is 14.7 Å². The highest BCUT2D eigenvalue weighted by Gasteiger charge is 2.17. The lowest BCUT2D eigenvalue weighted by Gasteiger charge is -2.32. The van der Waals surface area contributed by atoms with Crippen LogP contribution in [0.5, 0.6) is 11.5 Å². The maximum Gasteiger partial charge on any atom is 0.265 e. The van der Waals surface area contributed by atoms with Crippen molar-refractivity contribution >= 4 is 5.91 Å². The van der Waals surface area contributed by atoms with E-state index >= 15 is 0 Å². The Balaban J connectivity index is 1.98. The number of likely N-dealkylation sites (N-methyl/N-ethyl adjacent to an activating group) is 1. The van der Waals surface area contributed by atoms with Crippen molar-refractivity contribution in [3.63, 3.8) is 0 Å². The number of phenolic OH excluding ortho intramolecular Hbond substituents is 1. The van der Waals surface area contributed by atoms with Crippen molar-refractivity contribution in [1.82, 2.24) is 15.3 Å². The molecule has 0 bridgehead atoms. The van der Waals surface area contributed by atoms with Crippen molar-refractivity contribution in [2.75, 3.05) is 40.3 Å². The van der Waals surface area contributed by atoms with E-state index in [4.69, 9.17) is 4.74 Å². The molecule has 1 saturated heterocycles. The van der Waals surface area contributed by atoms with Crippen LogP contribution in [-0.2, 0) is 0 Å². The SMILES string of the molecule is COc1ccc(C(=O)NN2CCN(C)CC2)cc1O. The number of methoxy groups -OCH3 is 1. The van der Waals surface area contributed by atoms with Gasteiger partial charge in [-0.15, -0.1) is 0 Å². The average molecular weight is 265 g/mol. The first-order valence-corrected chi connectivity index (χ1v) is 6.21. The zero-order valence-electron chi connectivity index (χ0n) is 11.2. The zero-order chi connectivity index (χ0) is 13.8. The number of hydrazine groups is 1. The van der Waals surface area contributed by atoms with Crippen molar-refractivity contribution in [2.45, 2.75) is 0 Å². The van der Waals surface area contributed by atoms with E-state index < -0.39 is 0 Å². The van der Waals surface area contributed by atoms with Gasteiger partial charge in [-0.3, -0.25) is 10.2 Å². The third-order valence-electron chi connectivity index (χ3n) is 3.20. The Bertz CT molecular complexity index is 456. The molecular formula is C13H19N3O3. The molecule has 0 atom stereocenters. The summed E-state index contributed by atoms with van der Waals surface area (Å²) in [6.07, 6.45) is 0. The van der Waals surface area contributed by atoms with E-state index in [9.17, 15) is 9.90 Å². The Hall–Kier alpha value is -1.79. The Morgan fingerprint density at radius 3 is 2.58 bits per heavy atom. The van der Waals surface area contributed by atoms with E-state index in [1.165, 1.54) is 13.2 Å². The van der Waals surface area contributed by atoms with Crippen LogP contribution < -0.4 is 10.2 Å². The van der Waals surface area contributed by atoms with Gasteiger partial charge in [-0.2, -0.15) is 0 Å². The maximum absolute atomic E-state index is 12.0. The van der Waals surface area contributed by atoms with Gasteiger partial charge in [0.05, 0.1) is 7.11 Å². The van der Waals surface area contributed by atoms with Crippen molar-refractivity contribution in [3.8, 4) is 11.5 Å². The number of benzene rings is 1. The van der Waals surface area contributed by atoms with Crippen molar-refractivity contribution in [2.24, 2.45) is 0 Å². The Morgan fingerprint density at radius 2 is 2.00 bits per heavy atom. The molecule has 0 saturated carbocycles. The number of carbonyl (C=O) groups excluding carboxylic acids is 1. The predicted octanol–water partition coefficient (Wildman–Crippen LogP) is 0.293. The molecule has 6 heteroatoms. The summed E-state index contributed by atoms with van der Waals surface area (Å²) in [6.45, 7) is 3.44. The van der Waals surface area contributed by atoms with Gasteiger partial charge >= 0.3 is 0 Å². The number of hydrogen-bond donors (Lipinski definition) is 2. The molecule has 19 heavy (non-hydrogen) atoms. The van der Waals surface area contributed by atoms with E-state index in [1.807, 2.05) is 5.01 Å². The minimum atomic E-state index is -0.220. The summed E-state index contributed by atoms with van der Waals surface area (Å²) in [4.78, 5) is 14.2. The first-order chi connectivity index (χ1) is 9.10. The van der Waals surface area contributed by atoms with Crippen LogP contribution >= 0.6 is 0 Å². The minimum Gasteiger partial charge on any atom is -0.504 e. The maximum atomic E-state index is 12.0. The summed E-state index contributed by atoms with van der Waals surface area (Å²) in [7, 11) is 3.53. The molecule has 2 N–H and O–H groups in total. The summed E-state index contributed by atoms with van der Waals surface area (Å²) in [5, 5.41) is 11.5. The lowest BCUT2D eigenvalue weighted by Crippen LogP contribution is -2.52. The highest BCUT2D eigenvalue weighted by atomic mass is 16.5. The second kappa shape index (κ2) is 5.90. The fourth-order valence-electron chi connectivity index (χ4n) is 1.96. The monoisotopic (exact) mass is 265 g/mol.